The third kappa shape index (κ3) is 5.52. The maximum Gasteiger partial charge on any atom is 0.330 e. The largest absolute Gasteiger partial charge is 0.341 e. The third-order valence-electron chi connectivity index (χ3n) is 7.44. The van der Waals surface area contributed by atoms with Gasteiger partial charge in [-0.2, -0.15) is 0 Å². The van der Waals surface area contributed by atoms with Crippen LogP contribution in [0.5, 0.6) is 0 Å². The highest BCUT2D eigenvalue weighted by atomic mass is 127. The van der Waals surface area contributed by atoms with E-state index in [9.17, 15) is 14.4 Å². The zero-order chi connectivity index (χ0) is 25.8. The predicted octanol–water partition coefficient (Wildman–Crippen LogP) is 4.53. The number of alkyl halides is 1. The molecule has 36 heavy (non-hydrogen) atoms. The lowest BCUT2D eigenvalue weighted by molar-refractivity contribution is -0.136. The average Bonchev–Trinajstić information content (AvgIpc) is 3.43. The number of aromatic nitrogens is 2. The Kier molecular flexibility index (Phi) is 8.53. The van der Waals surface area contributed by atoms with Gasteiger partial charge in [0.25, 0.3) is 0 Å². The smallest absolute Gasteiger partial charge is 0.330 e. The molecule has 1 fully saturated rings. The molecular weight excluding hydrogens is 571 g/mol. The van der Waals surface area contributed by atoms with Gasteiger partial charge in [0.1, 0.15) is 11.9 Å². The van der Waals surface area contributed by atoms with E-state index in [1.807, 2.05) is 54.8 Å². The van der Waals surface area contributed by atoms with Crippen molar-refractivity contribution in [2.75, 3.05) is 18.4 Å². The number of benzene rings is 1. The Morgan fingerprint density at radius 2 is 1.81 bits per heavy atom. The number of anilines is 1. The molecule has 194 valence electrons. The molecule has 1 atom stereocenters. The predicted molar refractivity (Wildman–Crippen MR) is 147 cm³/mol. The van der Waals surface area contributed by atoms with Gasteiger partial charge in [-0.1, -0.05) is 61.4 Å². The minimum Gasteiger partial charge on any atom is -0.341 e. The second-order valence-electron chi connectivity index (χ2n) is 9.58. The van der Waals surface area contributed by atoms with Gasteiger partial charge in [0.15, 0.2) is 0 Å². The van der Waals surface area contributed by atoms with Crippen LogP contribution in [0.1, 0.15) is 56.6 Å². The number of rotatable bonds is 8. The normalized spacial score (nSPS) is 16.9. The number of halogens is 1. The summed E-state index contributed by atoms with van der Waals surface area (Å²) in [5.74, 6) is 0.712. The molecule has 10 heteroatoms. The highest BCUT2D eigenvalue weighted by Gasteiger charge is 2.38. The summed E-state index contributed by atoms with van der Waals surface area (Å²) in [7, 11) is 0. The van der Waals surface area contributed by atoms with Crippen LogP contribution >= 0.6 is 22.6 Å². The van der Waals surface area contributed by atoms with Crippen LogP contribution in [-0.2, 0) is 15.8 Å². The first-order valence-electron chi connectivity index (χ1n) is 12.7. The number of fused-ring (bicyclic) bond motifs is 1. The number of hydrogen-bond donors (Lipinski definition) is 2. The molecule has 1 unspecified atom stereocenters. The van der Waals surface area contributed by atoms with Crippen LogP contribution in [0.3, 0.4) is 0 Å². The van der Waals surface area contributed by atoms with Gasteiger partial charge in [0.2, 0.25) is 5.91 Å². The Hall–Kier alpha value is -2.63. The van der Waals surface area contributed by atoms with Gasteiger partial charge in [0.05, 0.1) is 18.4 Å². The van der Waals surface area contributed by atoms with Gasteiger partial charge < -0.3 is 20.4 Å². The highest BCUT2D eigenvalue weighted by molar-refractivity contribution is 14.1. The molecule has 0 spiro atoms. The van der Waals surface area contributed by atoms with Crippen LogP contribution in [0.25, 0.3) is 0 Å². The van der Waals surface area contributed by atoms with Crippen LogP contribution in [-0.4, -0.2) is 62.5 Å². The number of nitrogens with zero attached hydrogens (tertiary/aromatic N) is 4. The molecule has 1 aromatic carbocycles. The molecule has 2 N–H and O–H groups in total. The van der Waals surface area contributed by atoms with E-state index < -0.39 is 6.04 Å². The molecule has 1 aromatic heterocycles. The number of carbonyl (C=O) groups is 3. The molecule has 0 aliphatic carbocycles. The molecule has 1 saturated heterocycles. The van der Waals surface area contributed by atoms with Gasteiger partial charge in [-0.05, 0) is 43.4 Å². The Morgan fingerprint density at radius 1 is 1.14 bits per heavy atom. The molecule has 0 saturated carbocycles. The number of aryl methyl sites for hydroxylation is 1. The van der Waals surface area contributed by atoms with Gasteiger partial charge in [-0.25, -0.2) is 14.6 Å². The second kappa shape index (κ2) is 11.6. The van der Waals surface area contributed by atoms with E-state index in [4.69, 9.17) is 0 Å². The number of carbonyl (C=O) groups excluding carboxylic acids is 3. The molecule has 3 heterocycles. The summed E-state index contributed by atoms with van der Waals surface area (Å²) in [6.07, 6.45) is 4.80. The summed E-state index contributed by atoms with van der Waals surface area (Å²) in [5.41, 5.74) is 2.80. The first-order chi connectivity index (χ1) is 17.4. The summed E-state index contributed by atoms with van der Waals surface area (Å²) in [5, 5.41) is 5.83. The third-order valence-corrected chi connectivity index (χ3v) is 8.32. The Bertz CT molecular complexity index is 1090. The summed E-state index contributed by atoms with van der Waals surface area (Å²) >= 11 is 2.30. The van der Waals surface area contributed by atoms with Gasteiger partial charge in [-0.15, -0.1) is 0 Å². The number of imidazole rings is 1. The molecule has 2 aliphatic heterocycles. The lowest BCUT2D eigenvalue weighted by Gasteiger charge is -2.38. The first kappa shape index (κ1) is 26.4. The number of hydrogen-bond acceptors (Lipinski definition) is 4. The maximum atomic E-state index is 13.6. The molecule has 2 aromatic rings. The van der Waals surface area contributed by atoms with Crippen molar-refractivity contribution in [1.29, 1.82) is 0 Å². The van der Waals surface area contributed by atoms with Gasteiger partial charge in [0, 0.05) is 29.2 Å². The van der Waals surface area contributed by atoms with E-state index in [-0.39, 0.29) is 29.9 Å². The summed E-state index contributed by atoms with van der Waals surface area (Å²) in [4.78, 5) is 47.3. The molecule has 0 bridgehead atoms. The number of nitrogens with one attached hydrogen (secondary N) is 2. The van der Waals surface area contributed by atoms with Crippen molar-refractivity contribution in [2.45, 2.75) is 69.5 Å². The lowest BCUT2D eigenvalue weighted by Crippen LogP contribution is -2.56. The Morgan fingerprint density at radius 3 is 2.39 bits per heavy atom. The molecule has 0 radical (unpaired) electrons. The maximum absolute atomic E-state index is 13.6. The summed E-state index contributed by atoms with van der Waals surface area (Å²) < 4.78 is 2.58. The second-order valence-corrected chi connectivity index (χ2v) is 10.3. The number of likely N-dealkylation sites (tertiary alicyclic amines) is 1. The SMILES string of the molecule is CCC(CC)C(NC(=O)Nc1ccc(CI)cc1)C(=O)N1CCC(N2Cc3cnc(C)n3C2=O)CC1. The van der Waals surface area contributed by atoms with Crippen LogP contribution in [0, 0.1) is 12.8 Å². The van der Waals surface area contributed by atoms with Crippen molar-refractivity contribution in [3.05, 3.63) is 47.5 Å². The van der Waals surface area contributed by atoms with Crippen LogP contribution < -0.4 is 10.6 Å². The van der Waals surface area contributed by atoms with E-state index in [1.54, 1.807) is 10.8 Å². The minimum absolute atomic E-state index is 0.0236. The van der Waals surface area contributed by atoms with E-state index in [2.05, 4.69) is 38.2 Å². The molecular formula is C26H35IN6O3. The standard InChI is InChI=1S/C26H35IN6O3/c1-4-19(5-2)23(30-25(35)29-20-8-6-18(14-27)7-9-20)24(34)31-12-10-21(11-13-31)32-16-22-15-28-17(3)33(22)26(32)36/h6-9,15,19,21,23H,4-5,10-14,16H2,1-3H3,(H2,29,30,35). The van der Waals surface area contributed by atoms with Crippen molar-refractivity contribution in [3.8, 4) is 0 Å². The highest BCUT2D eigenvalue weighted by Crippen LogP contribution is 2.27. The fraction of sp³-hybridized carbons (Fsp3) is 0.538. The van der Waals surface area contributed by atoms with E-state index in [0.717, 1.165) is 35.8 Å². The fourth-order valence-corrected chi connectivity index (χ4v) is 5.75. The van der Waals surface area contributed by atoms with Crippen molar-refractivity contribution in [2.24, 2.45) is 5.92 Å². The number of urea groups is 1. The molecule has 4 amide bonds. The van der Waals surface area contributed by atoms with Crippen molar-refractivity contribution in [1.82, 2.24) is 24.7 Å². The Balaban J connectivity index is 1.37. The summed E-state index contributed by atoms with van der Waals surface area (Å²) in [6.45, 7) is 7.64. The summed E-state index contributed by atoms with van der Waals surface area (Å²) in [6, 6.07) is 6.82. The fourth-order valence-electron chi connectivity index (χ4n) is 5.24. The van der Waals surface area contributed by atoms with Crippen LogP contribution in [0.4, 0.5) is 15.3 Å². The topological polar surface area (TPSA) is 99.6 Å². The van der Waals surface area contributed by atoms with Gasteiger partial charge >= 0.3 is 12.1 Å². The van der Waals surface area contributed by atoms with Gasteiger partial charge in [-0.3, -0.25) is 9.36 Å². The van der Waals surface area contributed by atoms with Crippen molar-refractivity contribution in [3.63, 3.8) is 0 Å². The molecule has 4 rings (SSSR count). The van der Waals surface area contributed by atoms with E-state index in [1.165, 1.54) is 5.56 Å². The van der Waals surface area contributed by atoms with Crippen LogP contribution in [0.2, 0.25) is 0 Å². The van der Waals surface area contributed by atoms with Crippen molar-refractivity contribution >= 4 is 46.2 Å². The number of amides is 4. The van der Waals surface area contributed by atoms with E-state index in [0.29, 0.717) is 31.1 Å². The number of piperidine rings is 1. The zero-order valence-corrected chi connectivity index (χ0v) is 23.3. The zero-order valence-electron chi connectivity index (χ0n) is 21.2. The molecule has 9 nitrogen and oxygen atoms in total. The van der Waals surface area contributed by atoms with E-state index >= 15 is 0 Å². The molecule has 2 aliphatic rings. The average molecular weight is 607 g/mol. The monoisotopic (exact) mass is 606 g/mol. The van der Waals surface area contributed by atoms with Crippen LogP contribution in [0.15, 0.2) is 30.5 Å². The minimum atomic E-state index is -0.590. The Labute approximate surface area is 226 Å². The van der Waals surface area contributed by atoms with Crippen molar-refractivity contribution < 1.29 is 14.4 Å². The first-order valence-corrected chi connectivity index (χ1v) is 14.2. The quantitative estimate of drug-likeness (QED) is 0.341. The lowest BCUT2D eigenvalue weighted by atomic mass is 9.92.